The quantitative estimate of drug-likeness (QED) is 0.448. The Morgan fingerprint density at radius 1 is 1.06 bits per heavy atom. The molecule has 0 bridgehead atoms. The third-order valence-electron chi connectivity index (χ3n) is 7.15. The Kier molecular flexibility index (Phi) is 7.18. The molecule has 0 saturated heterocycles. The van der Waals surface area contributed by atoms with E-state index < -0.39 is 0 Å². The summed E-state index contributed by atoms with van der Waals surface area (Å²) in [6, 6.07) is 16.7. The van der Waals surface area contributed by atoms with Gasteiger partial charge in [-0.3, -0.25) is 9.69 Å². The molecule has 0 saturated carbocycles. The first-order chi connectivity index (χ1) is 16.6. The Morgan fingerprint density at radius 2 is 1.71 bits per heavy atom. The van der Waals surface area contributed by atoms with Crippen molar-refractivity contribution in [1.82, 2.24) is 19.6 Å². The number of hydrogen-bond donors (Lipinski definition) is 0. The number of likely N-dealkylation sites (N-methyl/N-ethyl adjacent to an activating group) is 1. The number of benzene rings is 2. The highest BCUT2D eigenvalue weighted by Crippen LogP contribution is 2.28. The van der Waals surface area contributed by atoms with Crippen molar-refractivity contribution in [2.24, 2.45) is 0 Å². The van der Waals surface area contributed by atoms with Gasteiger partial charge in [-0.25, -0.2) is 4.68 Å². The van der Waals surface area contributed by atoms with Crippen LogP contribution in [-0.2, 0) is 24.9 Å². The summed E-state index contributed by atoms with van der Waals surface area (Å²) >= 11 is 0. The van der Waals surface area contributed by atoms with Gasteiger partial charge in [0.15, 0.2) is 0 Å². The average Bonchev–Trinajstić information content (AvgIpc) is 3.19. The molecule has 1 aliphatic rings. The van der Waals surface area contributed by atoms with Gasteiger partial charge in [0.2, 0.25) is 0 Å². The van der Waals surface area contributed by atoms with Crippen molar-refractivity contribution < 1.29 is 4.79 Å². The van der Waals surface area contributed by atoms with Crippen molar-refractivity contribution in [1.29, 1.82) is 0 Å². The summed E-state index contributed by atoms with van der Waals surface area (Å²) in [5.74, 6) is 0.0576. The first-order valence-corrected chi connectivity index (χ1v) is 12.9. The molecule has 186 valence electrons. The lowest BCUT2D eigenvalue weighted by molar-refractivity contribution is 0.0686. The third kappa shape index (κ3) is 5.35. The Balaban J connectivity index is 1.68. The second-order valence-electron chi connectivity index (χ2n) is 11.1. The van der Waals surface area contributed by atoms with E-state index in [1.54, 1.807) is 0 Å². The summed E-state index contributed by atoms with van der Waals surface area (Å²) in [4.78, 5) is 18.1. The van der Waals surface area contributed by atoms with Gasteiger partial charge < -0.3 is 4.90 Å². The highest BCUT2D eigenvalue weighted by Gasteiger charge is 2.28. The number of carbonyl (C=O) groups is 1. The lowest BCUT2D eigenvalue weighted by Gasteiger charge is -2.29. The molecule has 0 spiro atoms. The first-order valence-electron chi connectivity index (χ1n) is 12.9. The maximum Gasteiger partial charge on any atom is 0.254 e. The monoisotopic (exact) mass is 472 g/mol. The van der Waals surface area contributed by atoms with Crippen molar-refractivity contribution >= 4 is 5.91 Å². The van der Waals surface area contributed by atoms with E-state index in [0.717, 1.165) is 43.0 Å². The molecule has 1 aromatic heterocycles. The van der Waals surface area contributed by atoms with Crippen LogP contribution in [0.1, 0.15) is 80.0 Å². The molecule has 1 amide bonds. The summed E-state index contributed by atoms with van der Waals surface area (Å²) < 4.78 is 2.11. The molecule has 1 aliphatic heterocycles. The largest absolute Gasteiger partial charge is 0.330 e. The minimum absolute atomic E-state index is 0.0576. The van der Waals surface area contributed by atoms with Gasteiger partial charge in [0.05, 0.1) is 23.6 Å². The fourth-order valence-corrected chi connectivity index (χ4v) is 4.77. The molecule has 0 N–H and O–H groups in total. The van der Waals surface area contributed by atoms with Crippen molar-refractivity contribution in [2.75, 3.05) is 13.1 Å². The number of aromatic nitrogens is 2. The zero-order valence-corrected chi connectivity index (χ0v) is 22.4. The summed E-state index contributed by atoms with van der Waals surface area (Å²) in [6.45, 7) is 18.5. The van der Waals surface area contributed by atoms with Gasteiger partial charge in [-0.1, -0.05) is 57.5 Å². The number of amides is 1. The minimum atomic E-state index is 0.0576. The number of fused-ring (bicyclic) bond motifs is 1. The zero-order chi connectivity index (χ0) is 25.3. The molecule has 4 rings (SSSR count). The average molecular weight is 473 g/mol. The van der Waals surface area contributed by atoms with Crippen LogP contribution in [-0.4, -0.2) is 44.6 Å². The fourth-order valence-electron chi connectivity index (χ4n) is 4.77. The van der Waals surface area contributed by atoms with Crippen molar-refractivity contribution in [3.63, 3.8) is 0 Å². The van der Waals surface area contributed by atoms with Gasteiger partial charge in [0, 0.05) is 36.7 Å². The molecule has 2 aromatic carbocycles. The van der Waals surface area contributed by atoms with Crippen LogP contribution in [0.4, 0.5) is 0 Å². The molecule has 0 atom stereocenters. The van der Waals surface area contributed by atoms with E-state index in [0.29, 0.717) is 6.54 Å². The molecule has 0 fully saturated rings. The lowest BCUT2D eigenvalue weighted by Crippen LogP contribution is -2.37. The van der Waals surface area contributed by atoms with E-state index >= 15 is 0 Å². The standard InChI is InChI=1S/C30H40N4O/c1-8-32-18-17-28-26(19-32)27(31-34(28)25-15-9-22(4)10-16-25)20-33(21(2)3)29(35)23-11-13-24(14-12-23)30(5,6)7/h9-16,21H,8,17-20H2,1-7H3. The minimum Gasteiger partial charge on any atom is -0.330 e. The second-order valence-corrected chi connectivity index (χ2v) is 11.1. The molecule has 0 radical (unpaired) electrons. The molecule has 2 heterocycles. The van der Waals surface area contributed by atoms with Crippen LogP contribution < -0.4 is 0 Å². The van der Waals surface area contributed by atoms with Crippen LogP contribution in [0.15, 0.2) is 48.5 Å². The smallest absolute Gasteiger partial charge is 0.254 e. The van der Waals surface area contributed by atoms with E-state index in [-0.39, 0.29) is 17.4 Å². The topological polar surface area (TPSA) is 41.4 Å². The maximum absolute atomic E-state index is 13.6. The summed E-state index contributed by atoms with van der Waals surface area (Å²) in [6.07, 6.45) is 0.966. The van der Waals surface area contributed by atoms with E-state index in [2.05, 4.69) is 94.4 Å². The normalized spacial score (nSPS) is 14.3. The molecular formula is C30H40N4O. The number of nitrogens with zero attached hydrogens (tertiary/aromatic N) is 4. The zero-order valence-electron chi connectivity index (χ0n) is 22.4. The van der Waals surface area contributed by atoms with Crippen molar-refractivity contribution in [3.8, 4) is 5.69 Å². The fraction of sp³-hybridized carbons (Fsp3) is 0.467. The Labute approximate surface area is 210 Å². The van der Waals surface area contributed by atoms with Crippen LogP contribution in [0.2, 0.25) is 0 Å². The van der Waals surface area contributed by atoms with E-state index in [9.17, 15) is 4.79 Å². The van der Waals surface area contributed by atoms with Crippen LogP contribution in [0.25, 0.3) is 5.69 Å². The predicted octanol–water partition coefficient (Wildman–Crippen LogP) is 5.91. The number of carbonyl (C=O) groups excluding carboxylic acids is 1. The van der Waals surface area contributed by atoms with Gasteiger partial charge >= 0.3 is 0 Å². The Morgan fingerprint density at radius 3 is 2.29 bits per heavy atom. The van der Waals surface area contributed by atoms with E-state index in [4.69, 9.17) is 5.10 Å². The molecule has 5 heteroatoms. The molecular weight excluding hydrogens is 432 g/mol. The molecule has 3 aromatic rings. The van der Waals surface area contributed by atoms with Gasteiger partial charge in [-0.2, -0.15) is 5.10 Å². The Bertz CT molecular complexity index is 1170. The van der Waals surface area contributed by atoms with Gasteiger partial charge in [0.1, 0.15) is 0 Å². The summed E-state index contributed by atoms with van der Waals surface area (Å²) in [5, 5.41) is 5.10. The SMILES string of the molecule is CCN1CCc2c(c(CN(C(=O)c3ccc(C(C)(C)C)cc3)C(C)C)nn2-c2ccc(C)cc2)C1. The molecule has 0 unspecified atom stereocenters. The highest BCUT2D eigenvalue weighted by molar-refractivity contribution is 5.94. The van der Waals surface area contributed by atoms with E-state index in [1.807, 2.05) is 17.0 Å². The summed E-state index contributed by atoms with van der Waals surface area (Å²) in [7, 11) is 0. The number of hydrogen-bond acceptors (Lipinski definition) is 3. The highest BCUT2D eigenvalue weighted by atomic mass is 16.2. The molecule has 5 nitrogen and oxygen atoms in total. The maximum atomic E-state index is 13.6. The first kappa shape index (κ1) is 25.2. The number of aryl methyl sites for hydroxylation is 1. The lowest BCUT2D eigenvalue weighted by atomic mass is 9.86. The molecule has 35 heavy (non-hydrogen) atoms. The number of rotatable bonds is 6. The van der Waals surface area contributed by atoms with Crippen LogP contribution in [0, 0.1) is 6.92 Å². The van der Waals surface area contributed by atoms with Crippen LogP contribution >= 0.6 is 0 Å². The van der Waals surface area contributed by atoms with Crippen molar-refractivity contribution in [3.05, 3.63) is 82.2 Å². The predicted molar refractivity (Wildman–Crippen MR) is 143 cm³/mol. The van der Waals surface area contributed by atoms with Crippen LogP contribution in [0.3, 0.4) is 0 Å². The Hall–Kier alpha value is -2.92. The van der Waals surface area contributed by atoms with Crippen molar-refractivity contribution in [2.45, 2.75) is 79.4 Å². The second kappa shape index (κ2) is 9.98. The third-order valence-corrected chi connectivity index (χ3v) is 7.15. The van der Waals surface area contributed by atoms with Crippen LogP contribution in [0.5, 0.6) is 0 Å². The van der Waals surface area contributed by atoms with Gasteiger partial charge in [-0.05, 0) is 62.6 Å². The van der Waals surface area contributed by atoms with Gasteiger partial charge in [0.25, 0.3) is 5.91 Å². The van der Waals surface area contributed by atoms with Gasteiger partial charge in [-0.15, -0.1) is 0 Å². The molecule has 0 aliphatic carbocycles. The summed E-state index contributed by atoms with van der Waals surface area (Å²) in [5.41, 5.74) is 7.91. The van der Waals surface area contributed by atoms with E-state index in [1.165, 1.54) is 22.4 Å².